The van der Waals surface area contributed by atoms with Gasteiger partial charge in [0, 0.05) is 18.5 Å². The van der Waals surface area contributed by atoms with Crippen LogP contribution >= 0.6 is 0 Å². The van der Waals surface area contributed by atoms with Crippen molar-refractivity contribution >= 4 is 16.9 Å². The minimum absolute atomic E-state index is 0.00669. The third kappa shape index (κ3) is 3.25. The molecule has 7 nitrogen and oxygen atoms in total. The minimum atomic E-state index is -0.277. The first-order valence-electron chi connectivity index (χ1n) is 9.25. The maximum Gasteiger partial charge on any atom is 0.269 e. The molecule has 1 amide bonds. The smallest absolute Gasteiger partial charge is 0.269 e. The third-order valence-corrected chi connectivity index (χ3v) is 5.08. The number of hydrogen-bond acceptors (Lipinski definition) is 5. The summed E-state index contributed by atoms with van der Waals surface area (Å²) in [4.78, 5) is 31.3. The van der Waals surface area contributed by atoms with Crippen molar-refractivity contribution in [2.75, 3.05) is 6.54 Å². The fraction of sp³-hybridized carbons (Fsp3) is 0.400. The largest absolute Gasteiger partial charge is 0.361 e. The molecule has 3 heterocycles. The van der Waals surface area contributed by atoms with Gasteiger partial charge in [-0.2, -0.15) is 0 Å². The first kappa shape index (κ1) is 17.5. The first-order valence-corrected chi connectivity index (χ1v) is 9.25. The molecule has 0 saturated carbocycles. The van der Waals surface area contributed by atoms with Crippen LogP contribution in [0, 0.1) is 0 Å². The number of rotatable bonds is 4. The maximum atomic E-state index is 13.0. The predicted octanol–water partition coefficient (Wildman–Crippen LogP) is 2.87. The highest BCUT2D eigenvalue weighted by atomic mass is 16.5. The van der Waals surface area contributed by atoms with Gasteiger partial charge in [0.05, 0.1) is 23.3 Å². The van der Waals surface area contributed by atoms with E-state index in [1.54, 1.807) is 0 Å². The molecule has 1 atom stereocenters. The van der Waals surface area contributed by atoms with E-state index >= 15 is 0 Å². The molecule has 2 aromatic heterocycles. The standard InChI is InChI=1S/C20H22N4O3/c1-13(2)18-10-15(22-27-18)17-8-5-9-23(17)20(26)12-24-16-7-4-3-6-14(16)21-11-19(24)25/h3-4,6-7,10-11,13,17H,5,8-9,12H2,1-2H3/t17-/m0/s1. The van der Waals surface area contributed by atoms with Gasteiger partial charge >= 0.3 is 0 Å². The quantitative estimate of drug-likeness (QED) is 0.709. The topological polar surface area (TPSA) is 81.2 Å². The van der Waals surface area contributed by atoms with Gasteiger partial charge in [0.1, 0.15) is 18.0 Å². The average molecular weight is 366 g/mol. The Hall–Kier alpha value is -2.96. The normalized spacial score (nSPS) is 17.1. The van der Waals surface area contributed by atoms with Crippen molar-refractivity contribution in [3.63, 3.8) is 0 Å². The van der Waals surface area contributed by atoms with E-state index in [2.05, 4.69) is 10.1 Å². The van der Waals surface area contributed by atoms with Gasteiger partial charge in [-0.1, -0.05) is 31.1 Å². The number of nitrogens with zero attached hydrogens (tertiary/aromatic N) is 4. The number of aromatic nitrogens is 3. The lowest BCUT2D eigenvalue weighted by molar-refractivity contribution is -0.132. The van der Waals surface area contributed by atoms with Crippen LogP contribution in [0.4, 0.5) is 0 Å². The summed E-state index contributed by atoms with van der Waals surface area (Å²) >= 11 is 0. The number of benzene rings is 1. The number of hydrogen-bond donors (Lipinski definition) is 0. The molecular weight excluding hydrogens is 344 g/mol. The van der Waals surface area contributed by atoms with Gasteiger partial charge in [0.25, 0.3) is 5.56 Å². The molecule has 140 valence electrons. The van der Waals surface area contributed by atoms with Crippen molar-refractivity contribution in [3.05, 3.63) is 58.3 Å². The Balaban J connectivity index is 1.61. The number of para-hydroxylation sites is 2. The Labute approximate surface area is 156 Å². The van der Waals surface area contributed by atoms with Crippen LogP contribution in [-0.4, -0.2) is 32.1 Å². The van der Waals surface area contributed by atoms with Crippen LogP contribution in [0.1, 0.15) is 50.1 Å². The molecule has 27 heavy (non-hydrogen) atoms. The van der Waals surface area contributed by atoms with Crippen molar-refractivity contribution in [2.45, 2.75) is 45.2 Å². The Morgan fingerprint density at radius 3 is 2.93 bits per heavy atom. The van der Waals surface area contributed by atoms with Crippen LogP contribution in [0.15, 0.2) is 45.8 Å². The number of carbonyl (C=O) groups is 1. The van der Waals surface area contributed by atoms with Crippen LogP contribution < -0.4 is 5.56 Å². The number of amides is 1. The van der Waals surface area contributed by atoms with Crippen molar-refractivity contribution in [1.29, 1.82) is 0 Å². The lowest BCUT2D eigenvalue weighted by atomic mass is 10.1. The van der Waals surface area contributed by atoms with Crippen LogP contribution in [0.5, 0.6) is 0 Å². The van der Waals surface area contributed by atoms with E-state index in [0.717, 1.165) is 24.3 Å². The summed E-state index contributed by atoms with van der Waals surface area (Å²) in [5.74, 6) is 0.976. The van der Waals surface area contributed by atoms with E-state index in [4.69, 9.17) is 4.52 Å². The molecule has 3 aromatic rings. The highest BCUT2D eigenvalue weighted by molar-refractivity contribution is 5.80. The maximum absolute atomic E-state index is 13.0. The molecule has 1 aliphatic rings. The van der Waals surface area contributed by atoms with E-state index in [1.807, 2.05) is 49.1 Å². The molecule has 0 spiro atoms. The Morgan fingerprint density at radius 2 is 2.15 bits per heavy atom. The fourth-order valence-electron chi connectivity index (χ4n) is 3.61. The zero-order valence-corrected chi connectivity index (χ0v) is 15.5. The van der Waals surface area contributed by atoms with Crippen molar-refractivity contribution < 1.29 is 9.32 Å². The zero-order chi connectivity index (χ0) is 19.0. The molecular formula is C20H22N4O3. The van der Waals surface area contributed by atoms with Gasteiger partial charge in [-0.05, 0) is 25.0 Å². The number of carbonyl (C=O) groups excluding carboxylic acids is 1. The highest BCUT2D eigenvalue weighted by Gasteiger charge is 2.32. The molecule has 0 unspecified atom stereocenters. The Bertz CT molecular complexity index is 1040. The first-order chi connectivity index (χ1) is 13.0. The minimum Gasteiger partial charge on any atom is -0.361 e. The van der Waals surface area contributed by atoms with Crippen molar-refractivity contribution in [1.82, 2.24) is 19.6 Å². The summed E-state index contributed by atoms with van der Waals surface area (Å²) in [6.07, 6.45) is 3.03. The molecule has 1 aromatic carbocycles. The second-order valence-corrected chi connectivity index (χ2v) is 7.23. The van der Waals surface area contributed by atoms with Crippen LogP contribution in [-0.2, 0) is 11.3 Å². The Morgan fingerprint density at radius 1 is 1.33 bits per heavy atom. The van der Waals surface area contributed by atoms with Gasteiger partial charge in [0.2, 0.25) is 5.91 Å². The van der Waals surface area contributed by atoms with E-state index < -0.39 is 0 Å². The monoisotopic (exact) mass is 366 g/mol. The second-order valence-electron chi connectivity index (χ2n) is 7.23. The van der Waals surface area contributed by atoms with Gasteiger partial charge in [-0.25, -0.2) is 4.98 Å². The summed E-state index contributed by atoms with van der Waals surface area (Å²) in [6.45, 7) is 4.74. The van der Waals surface area contributed by atoms with Gasteiger partial charge in [0.15, 0.2) is 0 Å². The van der Waals surface area contributed by atoms with Crippen LogP contribution in [0.25, 0.3) is 11.0 Å². The van der Waals surface area contributed by atoms with Crippen LogP contribution in [0.3, 0.4) is 0 Å². The SMILES string of the molecule is CC(C)c1cc([C@@H]2CCCN2C(=O)Cn2c(=O)cnc3ccccc32)no1. The molecule has 1 fully saturated rings. The summed E-state index contributed by atoms with van der Waals surface area (Å²) in [5, 5.41) is 4.18. The Kier molecular flexibility index (Phi) is 4.51. The molecule has 7 heteroatoms. The molecule has 0 aliphatic carbocycles. The molecule has 0 N–H and O–H groups in total. The van der Waals surface area contributed by atoms with Crippen LogP contribution in [0.2, 0.25) is 0 Å². The van der Waals surface area contributed by atoms with Crippen molar-refractivity contribution in [3.8, 4) is 0 Å². The van der Waals surface area contributed by atoms with E-state index in [9.17, 15) is 9.59 Å². The molecule has 4 rings (SSSR count). The lowest BCUT2D eigenvalue weighted by Crippen LogP contribution is -2.36. The second kappa shape index (κ2) is 6.98. The van der Waals surface area contributed by atoms with Crippen molar-refractivity contribution in [2.24, 2.45) is 0 Å². The predicted molar refractivity (Wildman–Crippen MR) is 100 cm³/mol. The molecule has 1 aliphatic heterocycles. The van der Waals surface area contributed by atoms with Gasteiger partial charge < -0.3 is 9.42 Å². The highest BCUT2D eigenvalue weighted by Crippen LogP contribution is 2.32. The molecule has 0 bridgehead atoms. The van der Waals surface area contributed by atoms with E-state index in [1.165, 1.54) is 10.8 Å². The number of fused-ring (bicyclic) bond motifs is 1. The summed E-state index contributed by atoms with van der Waals surface area (Å²) in [7, 11) is 0. The molecule has 0 radical (unpaired) electrons. The zero-order valence-electron chi connectivity index (χ0n) is 15.5. The van der Waals surface area contributed by atoms with E-state index in [-0.39, 0.29) is 30.0 Å². The van der Waals surface area contributed by atoms with Gasteiger partial charge in [-0.15, -0.1) is 0 Å². The summed E-state index contributed by atoms with van der Waals surface area (Å²) < 4.78 is 6.90. The van der Waals surface area contributed by atoms with Gasteiger partial charge in [-0.3, -0.25) is 14.2 Å². The average Bonchev–Trinajstić information content (AvgIpc) is 3.33. The summed E-state index contributed by atoms with van der Waals surface area (Å²) in [5.41, 5.74) is 1.87. The number of likely N-dealkylation sites (tertiary alicyclic amines) is 1. The van der Waals surface area contributed by atoms with E-state index in [0.29, 0.717) is 17.6 Å². The molecule has 1 saturated heterocycles. The summed E-state index contributed by atoms with van der Waals surface area (Å²) in [6, 6.07) is 9.18. The fourth-order valence-corrected chi connectivity index (χ4v) is 3.61. The lowest BCUT2D eigenvalue weighted by Gasteiger charge is -2.23. The third-order valence-electron chi connectivity index (χ3n) is 5.08.